The van der Waals surface area contributed by atoms with Crippen LogP contribution in [-0.2, 0) is 0 Å². The average Bonchev–Trinajstić information content (AvgIpc) is 2.52. The minimum atomic E-state index is -0.258. The molecular weight excluding hydrogens is 287 g/mol. The van der Waals surface area contributed by atoms with E-state index in [1.165, 1.54) is 0 Å². The Hall–Kier alpha value is -0.900. The Morgan fingerprint density at radius 3 is 2.81 bits per heavy atom. The SMILES string of the molecule is C=CCCCC[C@H](c1cccc(Cl)c1F)N1CCNCC1. The molecule has 1 N–H and O–H groups in total. The first-order valence-electron chi connectivity index (χ1n) is 7.73. The quantitative estimate of drug-likeness (QED) is 0.600. The van der Waals surface area contributed by atoms with E-state index in [1.807, 2.05) is 18.2 Å². The van der Waals surface area contributed by atoms with Crippen LogP contribution < -0.4 is 5.32 Å². The van der Waals surface area contributed by atoms with Gasteiger partial charge in [-0.25, -0.2) is 4.39 Å². The summed E-state index contributed by atoms with van der Waals surface area (Å²) in [6.07, 6.45) is 6.11. The van der Waals surface area contributed by atoms with Gasteiger partial charge in [-0.3, -0.25) is 4.90 Å². The van der Waals surface area contributed by atoms with Gasteiger partial charge in [0.25, 0.3) is 0 Å². The molecule has 1 aliphatic rings. The lowest BCUT2D eigenvalue weighted by molar-refractivity contribution is 0.160. The van der Waals surface area contributed by atoms with Crippen molar-refractivity contribution in [1.82, 2.24) is 10.2 Å². The maximum Gasteiger partial charge on any atom is 0.146 e. The van der Waals surface area contributed by atoms with E-state index < -0.39 is 0 Å². The second-order valence-electron chi connectivity index (χ2n) is 5.52. The molecule has 0 bridgehead atoms. The summed E-state index contributed by atoms with van der Waals surface area (Å²) in [5.74, 6) is -0.258. The highest BCUT2D eigenvalue weighted by atomic mass is 35.5. The van der Waals surface area contributed by atoms with Gasteiger partial charge in [0, 0.05) is 37.8 Å². The van der Waals surface area contributed by atoms with Crippen LogP contribution in [0.3, 0.4) is 0 Å². The number of unbranched alkanes of at least 4 members (excludes halogenated alkanes) is 2. The number of hydrogen-bond acceptors (Lipinski definition) is 2. The molecule has 0 spiro atoms. The molecule has 1 saturated heterocycles. The molecule has 116 valence electrons. The monoisotopic (exact) mass is 310 g/mol. The van der Waals surface area contributed by atoms with E-state index in [4.69, 9.17) is 11.6 Å². The number of hydrogen-bond donors (Lipinski definition) is 1. The minimum Gasteiger partial charge on any atom is -0.314 e. The van der Waals surface area contributed by atoms with Crippen LogP contribution in [0.5, 0.6) is 0 Å². The van der Waals surface area contributed by atoms with E-state index >= 15 is 0 Å². The third-order valence-corrected chi connectivity index (χ3v) is 4.36. The zero-order valence-electron chi connectivity index (χ0n) is 12.5. The van der Waals surface area contributed by atoms with E-state index in [1.54, 1.807) is 6.07 Å². The highest BCUT2D eigenvalue weighted by Gasteiger charge is 2.24. The molecule has 1 aromatic carbocycles. The fourth-order valence-electron chi connectivity index (χ4n) is 2.93. The van der Waals surface area contributed by atoms with Crippen LogP contribution in [0.15, 0.2) is 30.9 Å². The molecule has 0 saturated carbocycles. The topological polar surface area (TPSA) is 15.3 Å². The fraction of sp³-hybridized carbons (Fsp3) is 0.529. The molecule has 1 aromatic rings. The smallest absolute Gasteiger partial charge is 0.146 e. The van der Waals surface area contributed by atoms with E-state index in [0.29, 0.717) is 0 Å². The molecule has 2 nitrogen and oxygen atoms in total. The van der Waals surface area contributed by atoms with E-state index in [-0.39, 0.29) is 16.9 Å². The van der Waals surface area contributed by atoms with Gasteiger partial charge in [-0.2, -0.15) is 0 Å². The lowest BCUT2D eigenvalue weighted by Gasteiger charge is -2.35. The summed E-state index contributed by atoms with van der Waals surface area (Å²) in [6.45, 7) is 7.60. The van der Waals surface area contributed by atoms with Crippen molar-refractivity contribution in [2.75, 3.05) is 26.2 Å². The van der Waals surface area contributed by atoms with Gasteiger partial charge in [-0.05, 0) is 25.3 Å². The van der Waals surface area contributed by atoms with Crippen molar-refractivity contribution in [2.45, 2.75) is 31.7 Å². The van der Waals surface area contributed by atoms with Crippen LogP contribution in [0, 0.1) is 5.82 Å². The minimum absolute atomic E-state index is 0.121. The van der Waals surface area contributed by atoms with Crippen LogP contribution in [-0.4, -0.2) is 31.1 Å². The Morgan fingerprint density at radius 1 is 1.33 bits per heavy atom. The number of piperazine rings is 1. The maximum atomic E-state index is 14.4. The standard InChI is InChI=1S/C17H24ClFN2/c1-2-3-4-5-9-16(21-12-10-20-11-13-21)14-7-6-8-15(18)17(14)19/h2,6-8,16,20H,1,3-5,9-13H2/t16-/m1/s1. The average molecular weight is 311 g/mol. The molecule has 0 radical (unpaired) electrons. The Labute approximate surface area is 132 Å². The normalized spacial score (nSPS) is 17.6. The lowest BCUT2D eigenvalue weighted by Crippen LogP contribution is -2.45. The van der Waals surface area contributed by atoms with Crippen molar-refractivity contribution in [3.05, 3.63) is 47.3 Å². The first kappa shape index (κ1) is 16.5. The number of rotatable bonds is 7. The van der Waals surface area contributed by atoms with Gasteiger partial charge in [0.15, 0.2) is 0 Å². The van der Waals surface area contributed by atoms with E-state index in [0.717, 1.165) is 57.4 Å². The lowest BCUT2D eigenvalue weighted by atomic mass is 9.97. The number of nitrogens with one attached hydrogen (secondary N) is 1. The van der Waals surface area contributed by atoms with Gasteiger partial charge in [0.05, 0.1) is 5.02 Å². The third kappa shape index (κ3) is 4.53. The first-order valence-corrected chi connectivity index (χ1v) is 8.11. The summed E-state index contributed by atoms with van der Waals surface area (Å²) in [5.41, 5.74) is 0.739. The largest absolute Gasteiger partial charge is 0.314 e. The van der Waals surface area contributed by atoms with Crippen molar-refractivity contribution in [3.63, 3.8) is 0 Å². The molecule has 1 fully saturated rings. The van der Waals surface area contributed by atoms with Crippen molar-refractivity contribution in [3.8, 4) is 0 Å². The van der Waals surface area contributed by atoms with E-state index in [9.17, 15) is 4.39 Å². The fourth-order valence-corrected chi connectivity index (χ4v) is 3.11. The molecule has 0 aliphatic carbocycles. The Kier molecular flexibility index (Phi) is 6.68. The van der Waals surface area contributed by atoms with Crippen molar-refractivity contribution in [2.24, 2.45) is 0 Å². The number of allylic oxidation sites excluding steroid dienone is 1. The van der Waals surface area contributed by atoms with Gasteiger partial charge < -0.3 is 5.32 Å². The van der Waals surface area contributed by atoms with Crippen molar-refractivity contribution >= 4 is 11.6 Å². The second-order valence-corrected chi connectivity index (χ2v) is 5.93. The number of nitrogens with zero attached hydrogens (tertiary/aromatic N) is 1. The second kappa shape index (κ2) is 8.52. The molecule has 21 heavy (non-hydrogen) atoms. The molecular formula is C17H24ClFN2. The van der Waals surface area contributed by atoms with Crippen molar-refractivity contribution in [1.29, 1.82) is 0 Å². The molecule has 1 heterocycles. The molecule has 1 aliphatic heterocycles. The summed E-state index contributed by atoms with van der Waals surface area (Å²) in [4.78, 5) is 2.37. The molecule has 0 aromatic heterocycles. The van der Waals surface area contributed by atoms with Gasteiger partial charge in [0.1, 0.15) is 5.82 Å². The third-order valence-electron chi connectivity index (χ3n) is 4.07. The molecule has 4 heteroatoms. The zero-order chi connectivity index (χ0) is 15.1. The molecule has 2 rings (SSSR count). The number of benzene rings is 1. The predicted octanol–water partition coefficient (Wildman–Crippen LogP) is 4.17. The van der Waals surface area contributed by atoms with Crippen molar-refractivity contribution < 1.29 is 4.39 Å². The molecule has 0 unspecified atom stereocenters. The highest BCUT2D eigenvalue weighted by Crippen LogP contribution is 2.31. The van der Waals surface area contributed by atoms with Gasteiger partial charge in [0.2, 0.25) is 0 Å². The van der Waals surface area contributed by atoms with Crippen LogP contribution in [0.2, 0.25) is 5.02 Å². The Balaban J connectivity index is 2.13. The molecule has 0 amide bonds. The van der Waals surface area contributed by atoms with Gasteiger partial charge in [-0.15, -0.1) is 6.58 Å². The Bertz CT molecular complexity index is 458. The van der Waals surface area contributed by atoms with E-state index in [2.05, 4.69) is 16.8 Å². The zero-order valence-corrected chi connectivity index (χ0v) is 13.2. The highest BCUT2D eigenvalue weighted by molar-refractivity contribution is 6.30. The van der Waals surface area contributed by atoms with Crippen LogP contribution in [0.1, 0.15) is 37.3 Å². The summed E-state index contributed by atoms with van der Waals surface area (Å²) < 4.78 is 14.4. The number of halogens is 2. The summed E-state index contributed by atoms with van der Waals surface area (Å²) in [6, 6.07) is 5.46. The van der Waals surface area contributed by atoms with Crippen LogP contribution in [0.4, 0.5) is 4.39 Å². The summed E-state index contributed by atoms with van der Waals surface area (Å²) in [7, 11) is 0. The molecule has 1 atom stereocenters. The summed E-state index contributed by atoms with van der Waals surface area (Å²) in [5, 5.41) is 3.57. The van der Waals surface area contributed by atoms with Crippen LogP contribution in [0.25, 0.3) is 0 Å². The first-order chi connectivity index (χ1) is 10.2. The van der Waals surface area contributed by atoms with Gasteiger partial charge in [-0.1, -0.05) is 36.2 Å². The predicted molar refractivity (Wildman–Crippen MR) is 87.3 cm³/mol. The maximum absolute atomic E-state index is 14.4. The van der Waals surface area contributed by atoms with Crippen LogP contribution >= 0.6 is 11.6 Å². The Morgan fingerprint density at radius 2 is 2.10 bits per heavy atom. The van der Waals surface area contributed by atoms with Gasteiger partial charge >= 0.3 is 0 Å². The summed E-state index contributed by atoms with van der Waals surface area (Å²) >= 11 is 5.96.